The van der Waals surface area contributed by atoms with E-state index >= 15 is 0 Å². The summed E-state index contributed by atoms with van der Waals surface area (Å²) in [6.07, 6.45) is -9.29. The Bertz CT molecular complexity index is 757. The summed E-state index contributed by atoms with van der Waals surface area (Å²) in [6.45, 7) is 0.240. The predicted octanol–water partition coefficient (Wildman–Crippen LogP) is 4.41. The van der Waals surface area contributed by atoms with Crippen LogP contribution in [0.25, 0.3) is 0 Å². The number of benzene rings is 2. The third kappa shape index (κ3) is 7.78. The topological polar surface area (TPSA) is 76.2 Å². The summed E-state index contributed by atoms with van der Waals surface area (Å²) in [7, 11) is 0. The zero-order valence-corrected chi connectivity index (χ0v) is 14.3. The number of nitrogens with one attached hydrogen (secondary N) is 1. The second-order valence-corrected chi connectivity index (χ2v) is 5.33. The van der Waals surface area contributed by atoms with Gasteiger partial charge >= 0.3 is 18.3 Å². The third-order valence-electron chi connectivity index (χ3n) is 3.19. The number of alkyl halides is 6. The molecule has 0 saturated carbocycles. The van der Waals surface area contributed by atoms with Gasteiger partial charge in [0.15, 0.2) is 0 Å². The number of ether oxygens (including phenoxy) is 1. The van der Waals surface area contributed by atoms with Gasteiger partial charge in [0.05, 0.1) is 17.7 Å². The lowest BCUT2D eigenvalue weighted by atomic mass is 10.1. The van der Waals surface area contributed by atoms with E-state index in [1.54, 1.807) is 0 Å². The average molecular weight is 406 g/mol. The SMILES string of the molecule is N=Cc1cc(C(F)(F)F)cc(C(F)(F)F)c1.NCC(=O)OCc1ccccc1. The molecule has 0 spiro atoms. The van der Waals surface area contributed by atoms with Crippen LogP contribution in [0, 0.1) is 5.41 Å². The van der Waals surface area contributed by atoms with Crippen molar-refractivity contribution >= 4 is 12.2 Å². The molecule has 0 aliphatic rings. The molecule has 0 aliphatic heterocycles. The Morgan fingerprint density at radius 2 is 1.46 bits per heavy atom. The minimum Gasteiger partial charge on any atom is -0.460 e. The van der Waals surface area contributed by atoms with E-state index in [0.717, 1.165) is 5.56 Å². The van der Waals surface area contributed by atoms with Crippen LogP contribution in [-0.2, 0) is 28.5 Å². The number of carbonyl (C=O) groups is 1. The maximum atomic E-state index is 12.2. The van der Waals surface area contributed by atoms with E-state index in [4.69, 9.17) is 15.9 Å². The van der Waals surface area contributed by atoms with Crippen molar-refractivity contribution in [2.75, 3.05) is 6.54 Å². The fourth-order valence-electron chi connectivity index (χ4n) is 1.86. The maximum absolute atomic E-state index is 12.2. The van der Waals surface area contributed by atoms with Gasteiger partial charge in [-0.3, -0.25) is 4.79 Å². The Morgan fingerprint density at radius 3 is 1.86 bits per heavy atom. The molecule has 10 heteroatoms. The summed E-state index contributed by atoms with van der Waals surface area (Å²) in [5.41, 5.74) is 2.76. The average Bonchev–Trinajstić information content (AvgIpc) is 2.65. The third-order valence-corrected chi connectivity index (χ3v) is 3.19. The number of halogens is 6. The van der Waals surface area contributed by atoms with Crippen molar-refractivity contribution < 1.29 is 35.9 Å². The summed E-state index contributed by atoms with van der Waals surface area (Å²) in [4.78, 5) is 10.6. The summed E-state index contributed by atoms with van der Waals surface area (Å²) in [5, 5.41) is 6.69. The Balaban J connectivity index is 0.000000292. The molecule has 2 rings (SSSR count). The standard InChI is InChI=1S/C9H5F6N.C9H11NO2/c10-8(11,12)6-1-5(4-16)2-7(3-6)9(13,14)15;10-6-9(11)12-7-8-4-2-1-3-5-8/h1-4,16H;1-5H,6-7,10H2. The van der Waals surface area contributed by atoms with Crippen LogP contribution >= 0.6 is 0 Å². The molecule has 152 valence electrons. The lowest BCUT2D eigenvalue weighted by Crippen LogP contribution is -2.16. The monoisotopic (exact) mass is 406 g/mol. The summed E-state index contributed by atoms with van der Waals surface area (Å²) < 4.78 is 78.2. The second kappa shape index (κ2) is 9.88. The Morgan fingerprint density at radius 1 is 0.964 bits per heavy atom. The fraction of sp³-hybridized carbons (Fsp3) is 0.222. The molecule has 0 amide bonds. The van der Waals surface area contributed by atoms with Crippen molar-refractivity contribution in [1.29, 1.82) is 5.41 Å². The Hall–Kier alpha value is -2.88. The highest BCUT2D eigenvalue weighted by Gasteiger charge is 2.36. The van der Waals surface area contributed by atoms with Gasteiger partial charge in [-0.1, -0.05) is 30.3 Å². The van der Waals surface area contributed by atoms with Crippen LogP contribution in [0.5, 0.6) is 0 Å². The predicted molar refractivity (Wildman–Crippen MR) is 89.6 cm³/mol. The van der Waals surface area contributed by atoms with Gasteiger partial charge in [0.2, 0.25) is 0 Å². The minimum atomic E-state index is -4.86. The maximum Gasteiger partial charge on any atom is 0.416 e. The molecule has 0 aliphatic carbocycles. The van der Waals surface area contributed by atoms with E-state index in [9.17, 15) is 31.1 Å². The summed E-state index contributed by atoms with van der Waals surface area (Å²) >= 11 is 0. The van der Waals surface area contributed by atoms with Crippen LogP contribution in [-0.4, -0.2) is 18.7 Å². The van der Waals surface area contributed by atoms with E-state index in [1.165, 1.54) is 0 Å². The molecule has 2 aromatic rings. The number of nitrogens with two attached hydrogens (primary N) is 1. The van der Waals surface area contributed by atoms with Gasteiger partial charge in [0, 0.05) is 6.21 Å². The van der Waals surface area contributed by atoms with Crippen LogP contribution in [0.2, 0.25) is 0 Å². The molecule has 0 fully saturated rings. The molecule has 0 aromatic heterocycles. The summed E-state index contributed by atoms with van der Waals surface area (Å²) in [6, 6.07) is 10.5. The number of hydrogen-bond donors (Lipinski definition) is 2. The lowest BCUT2D eigenvalue weighted by Gasteiger charge is -2.12. The van der Waals surface area contributed by atoms with Gasteiger partial charge in [-0.05, 0) is 29.3 Å². The van der Waals surface area contributed by atoms with Crippen LogP contribution in [0.4, 0.5) is 26.3 Å². The highest BCUT2D eigenvalue weighted by atomic mass is 19.4. The summed E-state index contributed by atoms with van der Waals surface area (Å²) in [5.74, 6) is -0.376. The first kappa shape index (κ1) is 23.2. The van der Waals surface area contributed by atoms with E-state index in [1.807, 2.05) is 30.3 Å². The molecule has 0 heterocycles. The first-order valence-electron chi connectivity index (χ1n) is 7.67. The largest absolute Gasteiger partial charge is 0.460 e. The van der Waals surface area contributed by atoms with Crippen LogP contribution in [0.15, 0.2) is 48.5 Å². The first-order chi connectivity index (χ1) is 13.0. The number of esters is 1. The van der Waals surface area contributed by atoms with Gasteiger partial charge < -0.3 is 15.9 Å². The van der Waals surface area contributed by atoms with Gasteiger partial charge in [0.25, 0.3) is 0 Å². The van der Waals surface area contributed by atoms with Crippen molar-refractivity contribution in [3.8, 4) is 0 Å². The van der Waals surface area contributed by atoms with Crippen LogP contribution < -0.4 is 5.73 Å². The Kier molecular flexibility index (Phi) is 8.17. The van der Waals surface area contributed by atoms with Gasteiger partial charge in [-0.2, -0.15) is 26.3 Å². The second-order valence-electron chi connectivity index (χ2n) is 5.33. The zero-order valence-electron chi connectivity index (χ0n) is 14.3. The van der Waals surface area contributed by atoms with E-state index in [-0.39, 0.29) is 18.6 Å². The van der Waals surface area contributed by atoms with Crippen molar-refractivity contribution in [2.24, 2.45) is 5.73 Å². The van der Waals surface area contributed by atoms with E-state index in [2.05, 4.69) is 0 Å². The smallest absolute Gasteiger partial charge is 0.416 e. The molecule has 0 unspecified atom stereocenters. The van der Waals surface area contributed by atoms with Crippen molar-refractivity contribution in [1.82, 2.24) is 0 Å². The molecule has 4 nitrogen and oxygen atoms in total. The Labute approximate surface area is 156 Å². The van der Waals surface area contributed by atoms with Gasteiger partial charge in [-0.15, -0.1) is 0 Å². The molecule has 0 bridgehead atoms. The van der Waals surface area contributed by atoms with E-state index in [0.29, 0.717) is 25.0 Å². The molecule has 3 N–H and O–H groups in total. The molecule has 2 aromatic carbocycles. The molecular formula is C18H16F6N2O2. The van der Waals surface area contributed by atoms with Crippen molar-refractivity contribution in [3.63, 3.8) is 0 Å². The van der Waals surface area contributed by atoms with Gasteiger partial charge in [0.1, 0.15) is 6.61 Å². The normalized spacial score (nSPS) is 11.2. The highest BCUT2D eigenvalue weighted by Crippen LogP contribution is 2.35. The van der Waals surface area contributed by atoms with Crippen LogP contribution in [0.1, 0.15) is 22.3 Å². The highest BCUT2D eigenvalue weighted by molar-refractivity contribution is 5.77. The first-order valence-corrected chi connectivity index (χ1v) is 7.67. The molecule has 0 radical (unpaired) electrons. The minimum absolute atomic E-state index is 0.0208. The van der Waals surface area contributed by atoms with Crippen molar-refractivity contribution in [2.45, 2.75) is 19.0 Å². The number of carbonyl (C=O) groups excluding carboxylic acids is 1. The van der Waals surface area contributed by atoms with Gasteiger partial charge in [-0.25, -0.2) is 0 Å². The fourth-order valence-corrected chi connectivity index (χ4v) is 1.86. The quantitative estimate of drug-likeness (QED) is 0.449. The molecule has 0 saturated heterocycles. The van der Waals surface area contributed by atoms with Crippen molar-refractivity contribution in [3.05, 3.63) is 70.8 Å². The zero-order chi connectivity index (χ0) is 21.4. The molecule has 28 heavy (non-hydrogen) atoms. The number of hydrogen-bond acceptors (Lipinski definition) is 4. The molecular weight excluding hydrogens is 390 g/mol. The van der Waals surface area contributed by atoms with E-state index < -0.39 is 29.0 Å². The van der Waals surface area contributed by atoms with Crippen LogP contribution in [0.3, 0.4) is 0 Å². The number of rotatable bonds is 4. The molecule has 0 atom stereocenters. The lowest BCUT2D eigenvalue weighted by molar-refractivity contribution is -0.144.